The summed E-state index contributed by atoms with van der Waals surface area (Å²) in [4.78, 5) is 13.8. The molecule has 0 rings (SSSR count). The van der Waals surface area contributed by atoms with E-state index in [9.17, 15) is 4.79 Å². The van der Waals surface area contributed by atoms with E-state index in [1.807, 2.05) is 0 Å². The number of hydrogen-bond acceptors (Lipinski definition) is 1. The van der Waals surface area contributed by atoms with E-state index in [4.69, 9.17) is 5.53 Å². The molecule has 0 N–H and O–H groups in total. The number of carbonyl (C=O) groups excluding carboxylic acids is 1. The summed E-state index contributed by atoms with van der Waals surface area (Å²) in [6, 6.07) is 0. The highest BCUT2D eigenvalue weighted by molar-refractivity contribution is 6.25. The van der Waals surface area contributed by atoms with Gasteiger partial charge in [0.25, 0.3) is 0 Å². The molecule has 0 fully saturated rings. The van der Waals surface area contributed by atoms with Gasteiger partial charge in [0.15, 0.2) is 0 Å². The molecule has 3 heteroatoms. The number of unbranched alkanes of at least 4 members (excludes halogenated alkanes) is 11. The zero-order chi connectivity index (χ0) is 16.3. The summed E-state index contributed by atoms with van der Waals surface area (Å²) in [6.45, 7) is 2.26. The van der Waals surface area contributed by atoms with Gasteiger partial charge in [0.1, 0.15) is 0 Å². The molecule has 0 atom stereocenters. The molecule has 0 aromatic carbocycles. The van der Waals surface area contributed by atoms with Gasteiger partial charge in [0, 0.05) is 6.42 Å². The molecule has 0 saturated carbocycles. The third kappa shape index (κ3) is 16.8. The summed E-state index contributed by atoms with van der Waals surface area (Å²) >= 11 is 0. The summed E-state index contributed by atoms with van der Waals surface area (Å²) in [6.07, 6.45) is 22.5. The Bertz CT molecular complexity index is 330. The maximum Gasteiger partial charge on any atom is 0.323 e. The molecule has 0 spiro atoms. The highest BCUT2D eigenvalue weighted by Crippen LogP contribution is 2.09. The van der Waals surface area contributed by atoms with Crippen LogP contribution in [0.5, 0.6) is 0 Å². The highest BCUT2D eigenvalue weighted by Gasteiger charge is 2.01. The molecule has 0 unspecified atom stereocenters. The maximum absolute atomic E-state index is 11.1. The molecule has 0 aliphatic carbocycles. The predicted molar refractivity (Wildman–Crippen MR) is 94.1 cm³/mol. The third-order valence-corrected chi connectivity index (χ3v) is 3.89. The molecule has 0 heterocycles. The molecule has 0 aromatic heterocycles. The zero-order valence-corrected chi connectivity index (χ0v) is 14.4. The first-order valence-electron chi connectivity index (χ1n) is 9.16. The standard InChI is InChI=1S/C19H34N2O/c1-2-3-4-5-6-7-8-9-10-11-12-13-14-15-16-17-19(22)18-21-20/h9-10,18H,2-8,11-17H2,1H3/b10-9-. The van der Waals surface area contributed by atoms with E-state index < -0.39 is 0 Å². The van der Waals surface area contributed by atoms with Gasteiger partial charge >= 0.3 is 6.21 Å². The van der Waals surface area contributed by atoms with Crippen molar-refractivity contribution >= 4 is 12.0 Å². The Morgan fingerprint density at radius 3 is 1.86 bits per heavy atom. The predicted octanol–water partition coefficient (Wildman–Crippen LogP) is 5.89. The van der Waals surface area contributed by atoms with Crippen LogP contribution in [-0.2, 0) is 4.79 Å². The zero-order valence-electron chi connectivity index (χ0n) is 14.4. The fourth-order valence-corrected chi connectivity index (χ4v) is 2.50. The van der Waals surface area contributed by atoms with Crippen molar-refractivity contribution in [3.8, 4) is 0 Å². The monoisotopic (exact) mass is 306 g/mol. The van der Waals surface area contributed by atoms with Crippen LogP contribution in [0.4, 0.5) is 0 Å². The van der Waals surface area contributed by atoms with Crippen LogP contribution in [0.25, 0.3) is 5.53 Å². The van der Waals surface area contributed by atoms with Crippen molar-refractivity contribution in [2.24, 2.45) is 0 Å². The SMILES string of the molecule is CCCCCCCC/C=C\CCCCCCCC(=O)C=[N+]=[N-]. The quantitative estimate of drug-likeness (QED) is 0.115. The number of Topliss-reactive ketones (excluding diaryl/α,β-unsaturated/α-hetero) is 1. The molecule has 0 radical (unpaired) electrons. The molecule has 0 amide bonds. The molecule has 0 bridgehead atoms. The first-order valence-corrected chi connectivity index (χ1v) is 9.16. The van der Waals surface area contributed by atoms with Crippen molar-refractivity contribution in [3.63, 3.8) is 0 Å². The molecule has 0 aromatic rings. The second-order valence-electron chi connectivity index (χ2n) is 6.05. The minimum Gasteiger partial charge on any atom is -0.361 e. The Morgan fingerprint density at radius 1 is 0.818 bits per heavy atom. The van der Waals surface area contributed by atoms with E-state index in [0.29, 0.717) is 6.42 Å². The lowest BCUT2D eigenvalue weighted by Gasteiger charge is -1.99. The fourth-order valence-electron chi connectivity index (χ4n) is 2.50. The number of rotatable bonds is 16. The Hall–Kier alpha value is -1.21. The molecule has 0 aliphatic rings. The molecular weight excluding hydrogens is 272 g/mol. The van der Waals surface area contributed by atoms with E-state index >= 15 is 0 Å². The average Bonchev–Trinajstić information content (AvgIpc) is 2.51. The van der Waals surface area contributed by atoms with Crippen LogP contribution in [-0.4, -0.2) is 16.8 Å². The van der Waals surface area contributed by atoms with E-state index in [2.05, 4.69) is 23.9 Å². The van der Waals surface area contributed by atoms with Crippen molar-refractivity contribution in [2.45, 2.75) is 96.8 Å². The summed E-state index contributed by atoms with van der Waals surface area (Å²) in [5.41, 5.74) is 8.20. The lowest BCUT2D eigenvalue weighted by atomic mass is 10.1. The van der Waals surface area contributed by atoms with Gasteiger partial charge in [-0.25, -0.2) is 0 Å². The van der Waals surface area contributed by atoms with E-state index in [1.165, 1.54) is 70.6 Å². The molecular formula is C19H34N2O. The van der Waals surface area contributed by atoms with E-state index in [-0.39, 0.29) is 5.78 Å². The summed E-state index contributed by atoms with van der Waals surface area (Å²) in [5, 5.41) is 0. The van der Waals surface area contributed by atoms with Crippen LogP contribution in [0.3, 0.4) is 0 Å². The molecule has 0 aliphatic heterocycles. The first-order chi connectivity index (χ1) is 10.8. The smallest absolute Gasteiger partial charge is 0.323 e. The van der Waals surface area contributed by atoms with E-state index in [1.54, 1.807) is 0 Å². The van der Waals surface area contributed by atoms with Crippen molar-refractivity contribution < 1.29 is 9.58 Å². The van der Waals surface area contributed by atoms with Crippen LogP contribution in [0, 0.1) is 0 Å². The molecule has 0 saturated heterocycles. The summed E-state index contributed by atoms with van der Waals surface area (Å²) in [5.74, 6) is -0.0832. The summed E-state index contributed by atoms with van der Waals surface area (Å²) < 4.78 is 0. The lowest BCUT2D eigenvalue weighted by molar-refractivity contribution is -0.116. The highest BCUT2D eigenvalue weighted by atomic mass is 16.1. The van der Waals surface area contributed by atoms with Crippen LogP contribution < -0.4 is 0 Å². The summed E-state index contributed by atoms with van der Waals surface area (Å²) in [7, 11) is 0. The van der Waals surface area contributed by atoms with Gasteiger partial charge in [-0.05, 0) is 32.1 Å². The number of allylic oxidation sites excluding steroid dienone is 2. The number of ketones is 1. The first kappa shape index (κ1) is 20.8. The number of nitrogens with zero attached hydrogens (tertiary/aromatic N) is 2. The topological polar surface area (TPSA) is 53.5 Å². The van der Waals surface area contributed by atoms with Crippen molar-refractivity contribution in [3.05, 3.63) is 17.7 Å². The van der Waals surface area contributed by atoms with Gasteiger partial charge in [-0.2, -0.15) is 4.79 Å². The van der Waals surface area contributed by atoms with Gasteiger partial charge < -0.3 is 5.53 Å². The Kier molecular flexibility index (Phi) is 16.9. The minimum absolute atomic E-state index is 0.0832. The van der Waals surface area contributed by atoms with Gasteiger partial charge in [-0.15, -0.1) is 0 Å². The van der Waals surface area contributed by atoms with Crippen molar-refractivity contribution in [2.75, 3.05) is 0 Å². The second kappa shape index (κ2) is 17.8. The third-order valence-electron chi connectivity index (χ3n) is 3.89. The second-order valence-corrected chi connectivity index (χ2v) is 6.05. The van der Waals surface area contributed by atoms with Gasteiger partial charge in [-0.1, -0.05) is 70.4 Å². The fraction of sp³-hybridized carbons (Fsp3) is 0.789. The average molecular weight is 306 g/mol. The van der Waals surface area contributed by atoms with Crippen molar-refractivity contribution in [1.29, 1.82) is 0 Å². The number of hydrogen-bond donors (Lipinski definition) is 0. The van der Waals surface area contributed by atoms with E-state index in [0.717, 1.165) is 19.1 Å². The lowest BCUT2D eigenvalue weighted by Crippen LogP contribution is -1.98. The van der Waals surface area contributed by atoms with Gasteiger partial charge in [0.2, 0.25) is 5.78 Å². The molecule has 22 heavy (non-hydrogen) atoms. The normalized spacial score (nSPS) is 10.8. The van der Waals surface area contributed by atoms with Gasteiger partial charge in [-0.3, -0.25) is 4.79 Å². The van der Waals surface area contributed by atoms with Crippen LogP contribution in [0.1, 0.15) is 96.8 Å². The van der Waals surface area contributed by atoms with Gasteiger partial charge in [0.05, 0.1) is 0 Å². The molecule has 126 valence electrons. The Morgan fingerprint density at radius 2 is 1.32 bits per heavy atom. The van der Waals surface area contributed by atoms with Crippen molar-refractivity contribution in [1.82, 2.24) is 0 Å². The molecule has 3 nitrogen and oxygen atoms in total. The van der Waals surface area contributed by atoms with Crippen LogP contribution in [0.2, 0.25) is 0 Å². The van der Waals surface area contributed by atoms with Crippen LogP contribution >= 0.6 is 0 Å². The minimum atomic E-state index is -0.0832. The largest absolute Gasteiger partial charge is 0.361 e. The Labute approximate surface area is 136 Å². The van der Waals surface area contributed by atoms with Crippen LogP contribution in [0.15, 0.2) is 12.2 Å². The Balaban J connectivity index is 3.17. The maximum atomic E-state index is 11.1. The number of carbonyl (C=O) groups is 1.